The fourth-order valence-electron chi connectivity index (χ4n) is 3.08. The van der Waals surface area contributed by atoms with Crippen molar-refractivity contribution in [2.24, 2.45) is 11.8 Å². The van der Waals surface area contributed by atoms with Gasteiger partial charge in [0.1, 0.15) is 0 Å². The second-order valence-electron chi connectivity index (χ2n) is 7.35. The maximum atomic E-state index is 12.5. The molecule has 142 valence electrons. The van der Waals surface area contributed by atoms with Crippen LogP contribution in [0.2, 0.25) is 0 Å². The zero-order valence-corrected chi connectivity index (χ0v) is 16.0. The van der Waals surface area contributed by atoms with Crippen molar-refractivity contribution in [2.75, 3.05) is 18.4 Å². The van der Waals surface area contributed by atoms with E-state index < -0.39 is 0 Å². The molecule has 26 heavy (non-hydrogen) atoms. The molecule has 1 saturated heterocycles. The molecule has 0 aliphatic carbocycles. The summed E-state index contributed by atoms with van der Waals surface area (Å²) >= 11 is 0. The Hall–Kier alpha value is -2.37. The van der Waals surface area contributed by atoms with Gasteiger partial charge in [0.15, 0.2) is 0 Å². The number of anilines is 1. The first-order valence-electron chi connectivity index (χ1n) is 9.28. The van der Waals surface area contributed by atoms with E-state index in [0.717, 1.165) is 11.3 Å². The third-order valence-electron chi connectivity index (χ3n) is 4.55. The Labute approximate surface area is 155 Å². The maximum Gasteiger partial charge on any atom is 0.225 e. The Morgan fingerprint density at radius 2 is 1.85 bits per heavy atom. The first-order chi connectivity index (χ1) is 12.3. The monoisotopic (exact) mass is 359 g/mol. The molecule has 0 radical (unpaired) electrons. The summed E-state index contributed by atoms with van der Waals surface area (Å²) in [5.41, 5.74) is 1.70. The molecule has 1 heterocycles. The van der Waals surface area contributed by atoms with Gasteiger partial charge in [0.05, 0.1) is 12.0 Å². The minimum Gasteiger partial charge on any atom is -0.349 e. The van der Waals surface area contributed by atoms with E-state index >= 15 is 0 Å². The SMILES string of the molecule is CCC(=O)Nc1ccc(C(C)NC(=O)C2CC(=O)N(CC(C)C)C2)cc1. The van der Waals surface area contributed by atoms with E-state index in [1.807, 2.05) is 31.2 Å². The number of nitrogens with one attached hydrogen (secondary N) is 2. The number of hydrogen-bond donors (Lipinski definition) is 2. The van der Waals surface area contributed by atoms with Gasteiger partial charge < -0.3 is 15.5 Å². The van der Waals surface area contributed by atoms with Crippen LogP contribution in [0.4, 0.5) is 5.69 Å². The van der Waals surface area contributed by atoms with Crippen LogP contribution in [-0.4, -0.2) is 35.7 Å². The zero-order chi connectivity index (χ0) is 19.3. The molecule has 1 aliphatic heterocycles. The number of hydrogen-bond acceptors (Lipinski definition) is 3. The number of nitrogens with zero attached hydrogens (tertiary/aromatic N) is 1. The van der Waals surface area contributed by atoms with Crippen molar-refractivity contribution in [1.82, 2.24) is 10.2 Å². The molecule has 0 spiro atoms. The van der Waals surface area contributed by atoms with Gasteiger partial charge in [-0.05, 0) is 30.5 Å². The van der Waals surface area contributed by atoms with Crippen molar-refractivity contribution in [3.05, 3.63) is 29.8 Å². The van der Waals surface area contributed by atoms with E-state index in [2.05, 4.69) is 24.5 Å². The predicted molar refractivity (Wildman–Crippen MR) is 101 cm³/mol. The first-order valence-corrected chi connectivity index (χ1v) is 9.28. The van der Waals surface area contributed by atoms with Gasteiger partial charge in [0.2, 0.25) is 17.7 Å². The average molecular weight is 359 g/mol. The van der Waals surface area contributed by atoms with Crippen LogP contribution in [0.15, 0.2) is 24.3 Å². The molecule has 6 heteroatoms. The Kier molecular flexibility index (Phi) is 6.77. The normalized spacial score (nSPS) is 18.1. The molecule has 0 aromatic heterocycles. The van der Waals surface area contributed by atoms with Gasteiger partial charge in [-0.15, -0.1) is 0 Å². The van der Waals surface area contributed by atoms with Gasteiger partial charge in [-0.3, -0.25) is 14.4 Å². The van der Waals surface area contributed by atoms with Gasteiger partial charge in [0.25, 0.3) is 0 Å². The quantitative estimate of drug-likeness (QED) is 0.786. The molecular weight excluding hydrogens is 330 g/mol. The second kappa shape index (κ2) is 8.83. The van der Waals surface area contributed by atoms with Crippen molar-refractivity contribution in [1.29, 1.82) is 0 Å². The molecule has 2 N–H and O–H groups in total. The lowest BCUT2D eigenvalue weighted by Crippen LogP contribution is -2.35. The number of rotatable bonds is 7. The predicted octanol–water partition coefficient (Wildman–Crippen LogP) is 2.72. The number of amides is 3. The van der Waals surface area contributed by atoms with Crippen LogP contribution >= 0.6 is 0 Å². The molecule has 1 aromatic rings. The summed E-state index contributed by atoms with van der Waals surface area (Å²) in [6, 6.07) is 7.28. The van der Waals surface area contributed by atoms with Crippen molar-refractivity contribution in [2.45, 2.75) is 46.6 Å². The summed E-state index contributed by atoms with van der Waals surface area (Å²) in [5, 5.41) is 5.80. The minimum absolute atomic E-state index is 0.0315. The lowest BCUT2D eigenvalue weighted by Gasteiger charge is -2.20. The van der Waals surface area contributed by atoms with E-state index in [-0.39, 0.29) is 36.1 Å². The highest BCUT2D eigenvalue weighted by atomic mass is 16.2. The minimum atomic E-state index is -0.285. The van der Waals surface area contributed by atoms with Crippen molar-refractivity contribution >= 4 is 23.4 Å². The van der Waals surface area contributed by atoms with Crippen LogP contribution < -0.4 is 10.6 Å². The van der Waals surface area contributed by atoms with Crippen LogP contribution in [0.3, 0.4) is 0 Å². The molecular formula is C20H29N3O3. The van der Waals surface area contributed by atoms with E-state index in [4.69, 9.17) is 0 Å². The Bertz CT molecular complexity index is 655. The van der Waals surface area contributed by atoms with Gasteiger partial charge in [-0.1, -0.05) is 32.9 Å². The fourth-order valence-corrected chi connectivity index (χ4v) is 3.08. The highest BCUT2D eigenvalue weighted by Crippen LogP contribution is 2.21. The molecule has 1 aliphatic rings. The van der Waals surface area contributed by atoms with E-state index in [1.54, 1.807) is 11.8 Å². The van der Waals surface area contributed by atoms with Crippen molar-refractivity contribution < 1.29 is 14.4 Å². The van der Waals surface area contributed by atoms with Gasteiger partial charge in [-0.2, -0.15) is 0 Å². The lowest BCUT2D eigenvalue weighted by atomic mass is 10.0. The summed E-state index contributed by atoms with van der Waals surface area (Å²) in [4.78, 5) is 37.7. The number of benzene rings is 1. The zero-order valence-electron chi connectivity index (χ0n) is 16.0. The molecule has 2 atom stereocenters. The lowest BCUT2D eigenvalue weighted by molar-refractivity contribution is -0.129. The smallest absolute Gasteiger partial charge is 0.225 e. The van der Waals surface area contributed by atoms with Crippen molar-refractivity contribution in [3.8, 4) is 0 Å². The maximum absolute atomic E-state index is 12.5. The number of likely N-dealkylation sites (tertiary alicyclic amines) is 1. The molecule has 2 unspecified atom stereocenters. The Morgan fingerprint density at radius 3 is 2.42 bits per heavy atom. The summed E-state index contributed by atoms with van der Waals surface area (Å²) in [5.74, 6) is 0.0529. The van der Waals surface area contributed by atoms with E-state index in [9.17, 15) is 14.4 Å². The van der Waals surface area contributed by atoms with Crippen LogP contribution in [0.5, 0.6) is 0 Å². The standard InChI is InChI=1S/C20H29N3O3/c1-5-18(24)22-17-8-6-15(7-9-17)14(4)21-20(26)16-10-19(25)23(12-16)11-13(2)3/h6-9,13-14,16H,5,10-12H2,1-4H3,(H,21,26)(H,22,24). The highest BCUT2D eigenvalue weighted by Gasteiger charge is 2.34. The summed E-state index contributed by atoms with van der Waals surface area (Å²) in [7, 11) is 0. The van der Waals surface area contributed by atoms with Gasteiger partial charge >= 0.3 is 0 Å². The summed E-state index contributed by atoms with van der Waals surface area (Å²) in [6.07, 6.45) is 0.718. The summed E-state index contributed by atoms with van der Waals surface area (Å²) in [6.45, 7) is 9.04. The Morgan fingerprint density at radius 1 is 1.19 bits per heavy atom. The third-order valence-corrected chi connectivity index (χ3v) is 4.55. The number of carbonyl (C=O) groups is 3. The third kappa shape index (κ3) is 5.31. The highest BCUT2D eigenvalue weighted by molar-refractivity contribution is 5.90. The van der Waals surface area contributed by atoms with Gasteiger partial charge in [0, 0.05) is 31.6 Å². The fraction of sp³-hybridized carbons (Fsp3) is 0.550. The largest absolute Gasteiger partial charge is 0.349 e. The van der Waals surface area contributed by atoms with Crippen LogP contribution in [0.1, 0.15) is 52.1 Å². The Balaban J connectivity index is 1.91. The molecule has 6 nitrogen and oxygen atoms in total. The molecule has 1 aromatic carbocycles. The summed E-state index contributed by atoms with van der Waals surface area (Å²) < 4.78 is 0. The molecule has 1 fully saturated rings. The first kappa shape index (κ1) is 19.9. The topological polar surface area (TPSA) is 78.5 Å². The average Bonchev–Trinajstić information content (AvgIpc) is 2.95. The molecule has 2 rings (SSSR count). The molecule has 0 bridgehead atoms. The van der Waals surface area contributed by atoms with Crippen LogP contribution in [-0.2, 0) is 14.4 Å². The molecule has 0 saturated carbocycles. The second-order valence-corrected chi connectivity index (χ2v) is 7.35. The van der Waals surface area contributed by atoms with Crippen molar-refractivity contribution in [3.63, 3.8) is 0 Å². The van der Waals surface area contributed by atoms with E-state index in [0.29, 0.717) is 25.4 Å². The molecule has 3 amide bonds. The van der Waals surface area contributed by atoms with Crippen LogP contribution in [0.25, 0.3) is 0 Å². The number of carbonyl (C=O) groups excluding carboxylic acids is 3. The van der Waals surface area contributed by atoms with Crippen LogP contribution in [0, 0.1) is 11.8 Å². The van der Waals surface area contributed by atoms with Gasteiger partial charge in [-0.25, -0.2) is 0 Å². The van der Waals surface area contributed by atoms with E-state index in [1.165, 1.54) is 0 Å².